The van der Waals surface area contributed by atoms with Crippen molar-refractivity contribution >= 4 is 5.91 Å². The van der Waals surface area contributed by atoms with Crippen LogP contribution in [-0.4, -0.2) is 46.4 Å². The summed E-state index contributed by atoms with van der Waals surface area (Å²) in [7, 11) is 0. The van der Waals surface area contributed by atoms with Crippen LogP contribution in [0.2, 0.25) is 0 Å². The predicted molar refractivity (Wildman–Crippen MR) is 90.1 cm³/mol. The van der Waals surface area contributed by atoms with Crippen LogP contribution in [0.1, 0.15) is 18.0 Å². The van der Waals surface area contributed by atoms with Gasteiger partial charge in [-0.15, -0.1) is 0 Å². The van der Waals surface area contributed by atoms with Gasteiger partial charge >= 0.3 is 0 Å². The van der Waals surface area contributed by atoms with Crippen molar-refractivity contribution in [2.45, 2.75) is 24.6 Å². The molecule has 2 unspecified atom stereocenters. The van der Waals surface area contributed by atoms with Crippen molar-refractivity contribution in [2.24, 2.45) is 0 Å². The van der Waals surface area contributed by atoms with E-state index in [2.05, 4.69) is 15.6 Å². The molecule has 0 spiro atoms. The van der Waals surface area contributed by atoms with E-state index in [1.807, 2.05) is 36.4 Å². The first-order valence-corrected chi connectivity index (χ1v) is 8.00. The summed E-state index contributed by atoms with van der Waals surface area (Å²) in [5.74, 6) is -0.207. The van der Waals surface area contributed by atoms with Gasteiger partial charge in [0.15, 0.2) is 0 Å². The summed E-state index contributed by atoms with van der Waals surface area (Å²) >= 11 is 0. The van der Waals surface area contributed by atoms with Crippen LogP contribution in [0.15, 0.2) is 48.8 Å². The van der Waals surface area contributed by atoms with E-state index in [-0.39, 0.29) is 12.5 Å². The summed E-state index contributed by atoms with van der Waals surface area (Å²) in [6.07, 6.45) is 3.41. The van der Waals surface area contributed by atoms with Crippen LogP contribution in [0.25, 0.3) is 11.1 Å². The highest BCUT2D eigenvalue weighted by Crippen LogP contribution is 2.21. The largest absolute Gasteiger partial charge is 0.394 e. The number of β-amino-alcohol motifs (C(OH)–C–C–N with tert-alkyl or cyclic N) is 1. The third kappa shape index (κ3) is 3.79. The highest BCUT2D eigenvalue weighted by molar-refractivity contribution is 5.82. The van der Waals surface area contributed by atoms with E-state index in [1.54, 1.807) is 12.4 Å². The van der Waals surface area contributed by atoms with Gasteiger partial charge in [-0.05, 0) is 29.2 Å². The minimum atomic E-state index is -0.493. The van der Waals surface area contributed by atoms with Crippen molar-refractivity contribution in [2.75, 3.05) is 13.2 Å². The number of pyridine rings is 1. The molecule has 126 valence electrons. The van der Waals surface area contributed by atoms with Gasteiger partial charge in [-0.3, -0.25) is 9.78 Å². The summed E-state index contributed by atoms with van der Waals surface area (Å²) in [4.78, 5) is 16.3. The zero-order valence-corrected chi connectivity index (χ0v) is 13.2. The number of nitrogens with zero attached hydrogens (tertiary/aromatic N) is 1. The zero-order valence-electron chi connectivity index (χ0n) is 13.2. The predicted octanol–water partition coefficient (Wildman–Crippen LogP) is 0.621. The summed E-state index contributed by atoms with van der Waals surface area (Å²) in [5, 5.41) is 24.9. The number of amides is 1. The average molecular weight is 327 g/mol. The summed E-state index contributed by atoms with van der Waals surface area (Å²) in [6, 6.07) is 10.6. The molecule has 1 aromatic heterocycles. The number of aromatic nitrogens is 1. The monoisotopic (exact) mass is 327 g/mol. The molecule has 0 saturated carbocycles. The fourth-order valence-corrected chi connectivity index (χ4v) is 2.86. The van der Waals surface area contributed by atoms with Crippen molar-refractivity contribution in [3.63, 3.8) is 0 Å². The highest BCUT2D eigenvalue weighted by Gasteiger charge is 2.29. The van der Waals surface area contributed by atoms with E-state index >= 15 is 0 Å². The molecule has 0 bridgehead atoms. The standard InChI is InChI=1S/C18H21N3O3/c22-11-17(21-18(24)16-8-15(23)10-20-16)13-5-3-12(4-6-13)14-2-1-7-19-9-14/h1-7,9,15-17,20,22-23H,8,10-11H2,(H,21,24)/t15?,16?,17-/m0/s1. The Morgan fingerprint density at radius 1 is 1.29 bits per heavy atom. The molecule has 6 nitrogen and oxygen atoms in total. The van der Waals surface area contributed by atoms with Crippen LogP contribution < -0.4 is 10.6 Å². The number of aliphatic hydroxyl groups excluding tert-OH is 2. The fourth-order valence-electron chi connectivity index (χ4n) is 2.86. The van der Waals surface area contributed by atoms with Gasteiger partial charge in [0.1, 0.15) is 0 Å². The average Bonchev–Trinajstić information content (AvgIpc) is 3.07. The Kier molecular flexibility index (Phi) is 5.20. The number of aliphatic hydroxyl groups is 2. The molecule has 24 heavy (non-hydrogen) atoms. The second-order valence-corrected chi connectivity index (χ2v) is 5.96. The van der Waals surface area contributed by atoms with Crippen LogP contribution in [0.5, 0.6) is 0 Å². The van der Waals surface area contributed by atoms with Crippen LogP contribution in [0.3, 0.4) is 0 Å². The molecular weight excluding hydrogens is 306 g/mol. The van der Waals surface area contributed by atoms with Crippen LogP contribution in [0.4, 0.5) is 0 Å². The summed E-state index contributed by atoms with van der Waals surface area (Å²) in [5.41, 5.74) is 2.87. The van der Waals surface area contributed by atoms with Crippen LogP contribution >= 0.6 is 0 Å². The number of rotatable bonds is 5. The van der Waals surface area contributed by atoms with Crippen molar-refractivity contribution in [3.05, 3.63) is 54.4 Å². The Labute approximate surface area is 140 Å². The van der Waals surface area contributed by atoms with Gasteiger partial charge in [0.25, 0.3) is 0 Å². The van der Waals surface area contributed by atoms with E-state index in [9.17, 15) is 15.0 Å². The minimum absolute atomic E-state index is 0.187. The van der Waals surface area contributed by atoms with E-state index in [0.717, 1.165) is 16.7 Å². The Balaban J connectivity index is 1.68. The first-order chi connectivity index (χ1) is 11.7. The molecule has 1 aromatic carbocycles. The second kappa shape index (κ2) is 7.53. The SMILES string of the molecule is O=C(N[C@@H](CO)c1ccc(-c2cccnc2)cc1)C1CC(O)CN1. The molecule has 3 atom stereocenters. The topological polar surface area (TPSA) is 94.5 Å². The number of carbonyl (C=O) groups excluding carboxylic acids is 1. The van der Waals surface area contributed by atoms with Gasteiger partial charge in [0.05, 0.1) is 24.8 Å². The summed E-state index contributed by atoms with van der Waals surface area (Å²) in [6.45, 7) is 0.231. The van der Waals surface area contributed by atoms with Gasteiger partial charge in [0, 0.05) is 18.9 Å². The Hall–Kier alpha value is -2.28. The van der Waals surface area contributed by atoms with E-state index in [1.165, 1.54) is 0 Å². The summed E-state index contributed by atoms with van der Waals surface area (Å²) < 4.78 is 0. The van der Waals surface area contributed by atoms with Gasteiger partial charge < -0.3 is 20.8 Å². The lowest BCUT2D eigenvalue weighted by atomic mass is 10.0. The van der Waals surface area contributed by atoms with Crippen molar-refractivity contribution in [1.29, 1.82) is 0 Å². The quantitative estimate of drug-likeness (QED) is 0.646. The number of hydrogen-bond acceptors (Lipinski definition) is 5. The first-order valence-electron chi connectivity index (χ1n) is 8.00. The van der Waals surface area contributed by atoms with Crippen LogP contribution in [0, 0.1) is 0 Å². The third-order valence-electron chi connectivity index (χ3n) is 4.23. The maximum absolute atomic E-state index is 12.2. The lowest BCUT2D eigenvalue weighted by Gasteiger charge is -2.19. The Morgan fingerprint density at radius 3 is 2.67 bits per heavy atom. The smallest absolute Gasteiger partial charge is 0.237 e. The molecule has 0 aliphatic carbocycles. The van der Waals surface area contributed by atoms with E-state index < -0.39 is 18.2 Å². The molecule has 0 radical (unpaired) electrons. The highest BCUT2D eigenvalue weighted by atomic mass is 16.3. The molecule has 2 heterocycles. The minimum Gasteiger partial charge on any atom is -0.394 e. The molecule has 1 aliphatic rings. The molecule has 3 rings (SSSR count). The van der Waals surface area contributed by atoms with Crippen molar-refractivity contribution in [1.82, 2.24) is 15.6 Å². The van der Waals surface area contributed by atoms with Gasteiger partial charge in [-0.1, -0.05) is 30.3 Å². The normalized spacial score (nSPS) is 21.4. The zero-order chi connectivity index (χ0) is 16.9. The van der Waals surface area contributed by atoms with Gasteiger partial charge in [-0.2, -0.15) is 0 Å². The second-order valence-electron chi connectivity index (χ2n) is 5.96. The number of benzene rings is 1. The first kappa shape index (κ1) is 16.6. The molecule has 4 N–H and O–H groups in total. The lowest BCUT2D eigenvalue weighted by molar-refractivity contribution is -0.124. The molecule has 1 amide bonds. The third-order valence-corrected chi connectivity index (χ3v) is 4.23. The lowest BCUT2D eigenvalue weighted by Crippen LogP contribution is -2.42. The maximum atomic E-state index is 12.2. The van der Waals surface area contributed by atoms with Crippen molar-refractivity contribution < 1.29 is 15.0 Å². The van der Waals surface area contributed by atoms with E-state index in [0.29, 0.717) is 13.0 Å². The molecule has 1 fully saturated rings. The molecule has 2 aromatic rings. The molecular formula is C18H21N3O3. The number of carbonyl (C=O) groups is 1. The molecule has 1 aliphatic heterocycles. The number of hydrogen-bond donors (Lipinski definition) is 4. The van der Waals surface area contributed by atoms with Crippen molar-refractivity contribution in [3.8, 4) is 11.1 Å². The molecule has 1 saturated heterocycles. The fraction of sp³-hybridized carbons (Fsp3) is 0.333. The van der Waals surface area contributed by atoms with E-state index in [4.69, 9.17) is 0 Å². The van der Waals surface area contributed by atoms with Gasteiger partial charge in [-0.25, -0.2) is 0 Å². The van der Waals surface area contributed by atoms with Gasteiger partial charge in [0.2, 0.25) is 5.91 Å². The Bertz CT molecular complexity index is 676. The Morgan fingerprint density at radius 2 is 2.08 bits per heavy atom. The number of nitrogens with one attached hydrogen (secondary N) is 2. The molecule has 6 heteroatoms. The van der Waals surface area contributed by atoms with Crippen LogP contribution in [-0.2, 0) is 4.79 Å². The maximum Gasteiger partial charge on any atom is 0.237 e.